The summed E-state index contributed by atoms with van der Waals surface area (Å²) in [6.07, 6.45) is 7.72. The summed E-state index contributed by atoms with van der Waals surface area (Å²) in [6, 6.07) is 19.2. The number of rotatable bonds is 11. The van der Waals surface area contributed by atoms with Crippen LogP contribution in [0.15, 0.2) is 71.9 Å². The van der Waals surface area contributed by atoms with Gasteiger partial charge in [0.25, 0.3) is 15.9 Å². The molecule has 20 heteroatoms. The van der Waals surface area contributed by atoms with Gasteiger partial charge in [-0.15, -0.1) is 0 Å². The molecule has 0 bridgehead atoms. The minimum absolute atomic E-state index is 0.00524. The molecular weight excluding hydrogens is 917 g/mol. The second-order valence-corrected chi connectivity index (χ2v) is 21.7. The lowest BCUT2D eigenvalue weighted by Crippen LogP contribution is -2.59. The van der Waals surface area contributed by atoms with Crippen LogP contribution in [0.1, 0.15) is 74.3 Å². The maximum atomic E-state index is 14.5. The van der Waals surface area contributed by atoms with E-state index >= 15 is 0 Å². The quantitative estimate of drug-likeness (QED) is 0.0936. The van der Waals surface area contributed by atoms with Crippen LogP contribution in [0.5, 0.6) is 17.5 Å². The monoisotopic (exact) mass is 976 g/mol. The molecule has 4 fully saturated rings. The Hall–Kier alpha value is -6.22. The number of fused-ring (bicyclic) bond motifs is 3. The number of pyridine rings is 2. The fourth-order valence-electron chi connectivity index (χ4n) is 11.6. The number of hydrogen-bond donors (Lipinski definition) is 3. The molecule has 370 valence electrons. The van der Waals surface area contributed by atoms with Crippen LogP contribution in [0.2, 0.25) is 0 Å². The van der Waals surface area contributed by atoms with Gasteiger partial charge >= 0.3 is 5.69 Å². The molecule has 1 saturated carbocycles. The van der Waals surface area contributed by atoms with E-state index in [0.717, 1.165) is 94.1 Å². The van der Waals surface area contributed by atoms with Gasteiger partial charge in [-0.2, -0.15) is 18.4 Å². The number of benzene rings is 2. The summed E-state index contributed by atoms with van der Waals surface area (Å²) in [4.78, 5) is 47.7. The zero-order valence-corrected chi connectivity index (χ0v) is 40.6. The number of para-hydroxylation sites is 1. The highest BCUT2D eigenvalue weighted by Gasteiger charge is 2.50. The van der Waals surface area contributed by atoms with Gasteiger partial charge in [-0.25, -0.2) is 4.72 Å². The average Bonchev–Trinajstić information content (AvgIpc) is 3.82. The highest BCUT2D eigenvalue weighted by atomic mass is 32.2. The molecule has 5 aromatic rings. The number of sulfonamides is 1. The van der Waals surface area contributed by atoms with Crippen molar-refractivity contribution >= 4 is 55.4 Å². The molecule has 1 spiro atoms. The summed E-state index contributed by atoms with van der Waals surface area (Å²) < 4.78 is 54.1. The van der Waals surface area contributed by atoms with Crippen molar-refractivity contribution in [3.05, 3.63) is 88.1 Å². The Balaban J connectivity index is 0.843. The summed E-state index contributed by atoms with van der Waals surface area (Å²) >= 11 is 0. The molecule has 2 aromatic carbocycles. The van der Waals surface area contributed by atoms with E-state index in [9.17, 15) is 23.3 Å². The number of hydrogen-bond acceptors (Lipinski definition) is 16. The van der Waals surface area contributed by atoms with Gasteiger partial charge in [0.2, 0.25) is 11.8 Å². The summed E-state index contributed by atoms with van der Waals surface area (Å²) in [5, 5.41) is 15.7. The number of ether oxygens (including phenoxy) is 4. The van der Waals surface area contributed by atoms with Crippen LogP contribution in [0.25, 0.3) is 11.0 Å². The van der Waals surface area contributed by atoms with Gasteiger partial charge in [-0.3, -0.25) is 19.8 Å². The molecule has 3 saturated heterocycles. The fourth-order valence-corrected chi connectivity index (χ4v) is 12.5. The van der Waals surface area contributed by atoms with E-state index in [4.69, 9.17) is 23.9 Å². The Bertz CT molecular complexity index is 2910. The number of anilines is 4. The van der Waals surface area contributed by atoms with E-state index in [0.29, 0.717) is 48.7 Å². The third-order valence-electron chi connectivity index (χ3n) is 15.3. The molecule has 3 N–H and O–H groups in total. The van der Waals surface area contributed by atoms with E-state index in [1.165, 1.54) is 5.56 Å². The first kappa shape index (κ1) is 46.2. The Morgan fingerprint density at radius 1 is 0.943 bits per heavy atom. The number of carbonyl (C=O) groups excluding carboxylic acids is 1. The molecule has 0 unspecified atom stereocenters. The molecular formula is C50H60N10O9S. The molecule has 5 aliphatic heterocycles. The molecule has 11 rings (SSSR count). The van der Waals surface area contributed by atoms with Gasteiger partial charge in [0.1, 0.15) is 30.3 Å². The second-order valence-electron chi connectivity index (χ2n) is 20.1. The highest BCUT2D eigenvalue weighted by molar-refractivity contribution is 7.90. The van der Waals surface area contributed by atoms with Crippen molar-refractivity contribution in [1.29, 1.82) is 0 Å². The predicted octanol–water partition coefficient (Wildman–Crippen LogP) is 6.64. The molecule has 2 atom stereocenters. The first-order chi connectivity index (χ1) is 33.8. The van der Waals surface area contributed by atoms with Crippen LogP contribution >= 0.6 is 0 Å². The van der Waals surface area contributed by atoms with Crippen LogP contribution in [-0.2, 0) is 14.8 Å². The maximum absolute atomic E-state index is 14.5. The predicted molar refractivity (Wildman–Crippen MR) is 263 cm³/mol. The Labute approximate surface area is 407 Å². The van der Waals surface area contributed by atoms with Crippen LogP contribution in [-0.4, -0.2) is 135 Å². The van der Waals surface area contributed by atoms with Crippen LogP contribution < -0.4 is 34.0 Å². The van der Waals surface area contributed by atoms with Crippen molar-refractivity contribution in [2.45, 2.75) is 81.6 Å². The molecule has 19 nitrogen and oxygen atoms in total. The number of H-pyrrole nitrogens is 1. The van der Waals surface area contributed by atoms with E-state index in [-0.39, 0.29) is 59.9 Å². The topological polar surface area (TPSA) is 210 Å². The number of aromatic nitrogens is 3. The third-order valence-corrected chi connectivity index (χ3v) is 16.5. The van der Waals surface area contributed by atoms with E-state index < -0.39 is 31.6 Å². The van der Waals surface area contributed by atoms with Crippen molar-refractivity contribution in [3.63, 3.8) is 0 Å². The van der Waals surface area contributed by atoms with Crippen molar-refractivity contribution in [3.8, 4) is 17.5 Å². The molecule has 3 aromatic heterocycles. The second kappa shape index (κ2) is 18.5. The fraction of sp³-hybridized carbons (Fsp3) is 0.500. The van der Waals surface area contributed by atoms with Crippen LogP contribution in [0.3, 0.4) is 0 Å². The van der Waals surface area contributed by atoms with Gasteiger partial charge in [-0.05, 0) is 107 Å². The zero-order valence-electron chi connectivity index (χ0n) is 39.8. The van der Waals surface area contributed by atoms with Gasteiger partial charge in [-0.1, -0.05) is 18.2 Å². The number of likely N-dealkylation sites (N-methyl/N-ethyl adjacent to an activating group) is 1. The van der Waals surface area contributed by atoms with E-state index in [1.54, 1.807) is 12.3 Å². The summed E-state index contributed by atoms with van der Waals surface area (Å²) in [5.74, 6) is 0.350. The number of nitrogens with zero attached hydrogens (tertiary/aromatic N) is 7. The van der Waals surface area contributed by atoms with E-state index in [2.05, 4.69) is 79.9 Å². The zero-order chi connectivity index (χ0) is 48.3. The number of piperazine rings is 1. The first-order valence-electron chi connectivity index (χ1n) is 24.5. The highest BCUT2D eigenvalue weighted by Crippen LogP contribution is 2.54. The first-order valence-corrected chi connectivity index (χ1v) is 26.0. The smallest absolute Gasteiger partial charge is 0.300 e. The minimum atomic E-state index is -4.76. The van der Waals surface area contributed by atoms with Crippen molar-refractivity contribution in [2.24, 2.45) is 11.3 Å². The lowest BCUT2D eigenvalue weighted by Gasteiger charge is -2.58. The number of amides is 1. The largest absolute Gasteiger partial charge is 0.491 e. The average molecular weight is 977 g/mol. The van der Waals surface area contributed by atoms with Gasteiger partial charge in [0.05, 0.1) is 47.0 Å². The Morgan fingerprint density at radius 3 is 2.53 bits per heavy atom. The normalized spacial score (nSPS) is 22.1. The standard InChI is InChI=1S/C50H60N10O9S/c1-31(2)69-43-7-5-4-6-36(43)42-29-56(3)18-19-58(42)35-27-50(28-35)13-16-57(17-14-50)34-8-9-37(39(25-34)59-20-23-67-48-41(59)24-33-10-15-51-46(33)54-48)47(61)55-70(64,65)44-26-40(60(62)63)45-49(53-44)68-30-38(52-45)32-11-21-66-22-12-32/h4-10,15,24-26,31-32,35,38,42,52H,11-14,16-23,27-30H2,1-3H3,(H,51,54)(H,55,61)/t38-,42-/m0/s1. The summed E-state index contributed by atoms with van der Waals surface area (Å²) in [6.45, 7) is 10.7. The summed E-state index contributed by atoms with van der Waals surface area (Å²) in [7, 11) is -2.56. The molecule has 8 heterocycles. The summed E-state index contributed by atoms with van der Waals surface area (Å²) in [5.41, 5.74) is 3.71. The Kier molecular flexibility index (Phi) is 12.2. The lowest BCUT2D eigenvalue weighted by atomic mass is 9.59. The molecule has 1 aliphatic carbocycles. The maximum Gasteiger partial charge on any atom is 0.300 e. The number of carbonyl (C=O) groups is 1. The van der Waals surface area contributed by atoms with Crippen LogP contribution in [0, 0.1) is 21.4 Å². The number of nitrogens with one attached hydrogen (secondary N) is 3. The van der Waals surface area contributed by atoms with Gasteiger partial charge < -0.3 is 43.9 Å². The molecule has 6 aliphatic rings. The van der Waals surface area contributed by atoms with Gasteiger partial charge in [0, 0.05) is 74.8 Å². The van der Waals surface area contributed by atoms with Gasteiger partial charge in [0.15, 0.2) is 10.7 Å². The number of aromatic amines is 1. The van der Waals surface area contributed by atoms with Crippen molar-refractivity contribution in [2.75, 3.05) is 87.9 Å². The minimum Gasteiger partial charge on any atom is -0.491 e. The van der Waals surface area contributed by atoms with Crippen molar-refractivity contribution < 1.29 is 37.1 Å². The Morgan fingerprint density at radius 2 is 1.74 bits per heavy atom. The molecule has 0 radical (unpaired) electrons. The molecule has 1 amide bonds. The van der Waals surface area contributed by atoms with Crippen molar-refractivity contribution in [1.82, 2.24) is 29.5 Å². The molecule has 70 heavy (non-hydrogen) atoms. The number of nitro groups is 1. The van der Waals surface area contributed by atoms with Crippen LogP contribution in [0.4, 0.5) is 28.4 Å². The lowest BCUT2D eigenvalue weighted by molar-refractivity contribution is -0.384. The van der Waals surface area contributed by atoms with E-state index in [1.807, 2.05) is 29.2 Å². The SMILES string of the molecule is CC(C)Oc1ccccc1[C@@H]1CN(C)CCN1C1CC2(CCN(c3ccc(C(=O)NS(=O)(=O)c4cc([N+](=O)[O-])c5c(n4)OC[C@@H](C4CCOCC4)N5)c(N4CCOc5nc6[nH]ccc6cc54)c3)CC2)C1. The number of piperidine rings is 1. The third kappa shape index (κ3) is 8.83.